The summed E-state index contributed by atoms with van der Waals surface area (Å²) in [4.78, 5) is 9.90. The first-order chi connectivity index (χ1) is 5.33. The molecule has 0 fully saturated rings. The van der Waals surface area contributed by atoms with E-state index in [4.69, 9.17) is 10.4 Å². The summed E-state index contributed by atoms with van der Waals surface area (Å²) in [5.74, 6) is 4.81. The van der Waals surface area contributed by atoms with Gasteiger partial charge < -0.3 is 0 Å². The first-order valence-corrected chi connectivity index (χ1v) is 4.16. The van der Waals surface area contributed by atoms with E-state index < -0.39 is 10.4 Å². The molecule has 0 rings (SSSR count). The number of ketones is 1. The molecule has 0 aromatic rings. The molecule has 0 unspecified atom stereocenters. The summed E-state index contributed by atoms with van der Waals surface area (Å²) in [5.41, 5.74) is 2.22. The van der Waals surface area contributed by atoms with Gasteiger partial charge in [-0.2, -0.15) is 8.42 Å². The molecule has 8 heteroatoms. The third-order valence-corrected chi connectivity index (χ3v) is 0.983. The Kier molecular flexibility index (Phi) is 8.32. The number of carbonyl (C=O) groups is 1. The van der Waals surface area contributed by atoms with Gasteiger partial charge in [0.05, 0.1) is 13.7 Å². The Bertz CT molecular complexity index is 211. The zero-order valence-corrected chi connectivity index (χ0v) is 7.59. The summed E-state index contributed by atoms with van der Waals surface area (Å²) in [6, 6.07) is 0. The van der Waals surface area contributed by atoms with Gasteiger partial charge >= 0.3 is 10.4 Å². The third kappa shape index (κ3) is 22.7. The van der Waals surface area contributed by atoms with E-state index in [0.717, 1.165) is 7.11 Å². The molecule has 7 nitrogen and oxygen atoms in total. The smallest absolute Gasteiger partial charge is 0.299 e. The van der Waals surface area contributed by atoms with Gasteiger partial charge in [-0.1, -0.05) is 0 Å². The molecule has 0 aliphatic heterocycles. The van der Waals surface area contributed by atoms with E-state index >= 15 is 0 Å². The summed E-state index contributed by atoms with van der Waals surface area (Å²) in [5, 5.41) is 0. The first kappa shape index (κ1) is 14.0. The van der Waals surface area contributed by atoms with E-state index in [0.29, 0.717) is 0 Å². The minimum atomic E-state index is -4.16. The number of hydrazine groups is 1. The molecule has 0 bridgehead atoms. The van der Waals surface area contributed by atoms with Crippen LogP contribution in [0.5, 0.6) is 0 Å². The average Bonchev–Trinajstić information content (AvgIpc) is 1.87. The summed E-state index contributed by atoms with van der Waals surface area (Å²) < 4.78 is 29.7. The lowest BCUT2D eigenvalue weighted by molar-refractivity contribution is -0.116. The molecule has 0 aliphatic carbocycles. The fraction of sp³-hybridized carbons (Fsp3) is 0.750. The van der Waals surface area contributed by atoms with Gasteiger partial charge in [-0.25, -0.2) is 0 Å². The molecule has 0 aromatic heterocycles. The minimum absolute atomic E-state index is 0.0532. The molecule has 4 N–H and O–H groups in total. The van der Waals surface area contributed by atoms with E-state index in [9.17, 15) is 13.2 Å². The van der Waals surface area contributed by atoms with Crippen LogP contribution in [0.15, 0.2) is 0 Å². The van der Waals surface area contributed by atoms with Crippen LogP contribution in [0.4, 0.5) is 0 Å². The maximum atomic E-state index is 9.90. The largest absolute Gasteiger partial charge is 0.397 e. The Balaban J connectivity index is 0. The van der Waals surface area contributed by atoms with E-state index in [-0.39, 0.29) is 12.3 Å². The fourth-order valence-corrected chi connectivity index (χ4v) is 0.144. The van der Waals surface area contributed by atoms with E-state index in [1.165, 1.54) is 6.92 Å². The molecule has 74 valence electrons. The molecule has 0 aromatic carbocycles. The van der Waals surface area contributed by atoms with Crippen molar-refractivity contribution in [2.75, 3.05) is 13.7 Å². The molecule has 0 aliphatic rings. The predicted molar refractivity (Wildman–Crippen MR) is 41.4 cm³/mol. The highest BCUT2D eigenvalue weighted by Crippen LogP contribution is 1.74. The summed E-state index contributed by atoms with van der Waals surface area (Å²) >= 11 is 0. The molecular formula is C4H12N2O5S. The molecule has 0 heterocycles. The van der Waals surface area contributed by atoms with Crippen molar-refractivity contribution in [3.05, 3.63) is 0 Å². The normalized spacial score (nSPS) is 10.0. The van der Waals surface area contributed by atoms with Crippen LogP contribution in [0.3, 0.4) is 0 Å². The zero-order valence-electron chi connectivity index (χ0n) is 6.77. The van der Waals surface area contributed by atoms with Crippen molar-refractivity contribution in [3.8, 4) is 0 Å². The van der Waals surface area contributed by atoms with E-state index in [1.807, 2.05) is 0 Å². The molecule has 0 amide bonds. The van der Waals surface area contributed by atoms with Gasteiger partial charge in [-0.15, -0.1) is 0 Å². The molecule has 0 saturated carbocycles. The lowest BCUT2D eigenvalue weighted by Crippen LogP contribution is -2.27. The Morgan fingerprint density at radius 1 is 1.67 bits per heavy atom. The topological polar surface area (TPSA) is 119 Å². The van der Waals surface area contributed by atoms with Crippen molar-refractivity contribution in [2.24, 2.45) is 5.84 Å². The first-order valence-electron chi connectivity index (χ1n) is 2.79. The van der Waals surface area contributed by atoms with Crippen molar-refractivity contribution >= 4 is 16.2 Å². The second kappa shape index (κ2) is 7.13. The van der Waals surface area contributed by atoms with Crippen LogP contribution >= 0.6 is 0 Å². The predicted octanol–water partition coefficient (Wildman–Crippen LogP) is -1.53. The maximum absolute atomic E-state index is 9.90. The van der Waals surface area contributed by atoms with Gasteiger partial charge in [0.25, 0.3) is 0 Å². The van der Waals surface area contributed by atoms with Gasteiger partial charge in [-0.3, -0.25) is 24.8 Å². The number of nitrogens with one attached hydrogen (secondary N) is 1. The Morgan fingerprint density at radius 2 is 2.00 bits per heavy atom. The highest BCUT2D eigenvalue weighted by molar-refractivity contribution is 7.80. The summed E-state index contributed by atoms with van der Waals surface area (Å²) in [7, 11) is -3.29. The Morgan fingerprint density at radius 3 is 2.00 bits per heavy atom. The second-order valence-electron chi connectivity index (χ2n) is 1.68. The number of carbonyl (C=O) groups excluding carboxylic acids is 1. The average molecular weight is 200 g/mol. The minimum Gasteiger partial charge on any atom is -0.299 e. The quantitative estimate of drug-likeness (QED) is 0.287. The van der Waals surface area contributed by atoms with Gasteiger partial charge in [-0.05, 0) is 6.92 Å². The number of hydrogen-bond acceptors (Lipinski definition) is 6. The van der Waals surface area contributed by atoms with Crippen LogP contribution < -0.4 is 11.3 Å². The molecule has 0 atom stereocenters. The number of hydrogen-bond donors (Lipinski definition) is 3. The van der Waals surface area contributed by atoms with E-state index in [2.05, 4.69) is 9.61 Å². The lowest BCUT2D eigenvalue weighted by Gasteiger charge is -1.85. The third-order valence-electron chi connectivity index (χ3n) is 0.562. The van der Waals surface area contributed by atoms with Crippen molar-refractivity contribution in [2.45, 2.75) is 6.92 Å². The second-order valence-corrected chi connectivity index (χ2v) is 2.87. The van der Waals surface area contributed by atoms with Crippen molar-refractivity contribution in [3.63, 3.8) is 0 Å². The Labute approximate surface area is 70.8 Å². The van der Waals surface area contributed by atoms with Gasteiger partial charge in [0.2, 0.25) is 0 Å². The molecular weight excluding hydrogens is 188 g/mol. The monoisotopic (exact) mass is 200 g/mol. The molecule has 0 saturated heterocycles. The molecule has 0 radical (unpaired) electrons. The number of nitrogens with two attached hydrogens (primary N) is 1. The van der Waals surface area contributed by atoms with Crippen molar-refractivity contribution < 1.29 is 21.9 Å². The van der Waals surface area contributed by atoms with Crippen LogP contribution in [0, 0.1) is 0 Å². The highest BCUT2D eigenvalue weighted by atomic mass is 32.3. The van der Waals surface area contributed by atoms with Crippen LogP contribution in [0.1, 0.15) is 6.92 Å². The SMILES string of the molecule is CC(=O)CNN.COS(=O)(=O)O. The molecule has 12 heavy (non-hydrogen) atoms. The van der Waals surface area contributed by atoms with Crippen molar-refractivity contribution in [1.29, 1.82) is 0 Å². The van der Waals surface area contributed by atoms with Crippen LogP contribution in [0.2, 0.25) is 0 Å². The van der Waals surface area contributed by atoms with Gasteiger partial charge in [0.15, 0.2) is 0 Å². The van der Waals surface area contributed by atoms with Gasteiger partial charge in [0.1, 0.15) is 5.78 Å². The van der Waals surface area contributed by atoms with Gasteiger partial charge in [0, 0.05) is 0 Å². The van der Waals surface area contributed by atoms with Crippen LogP contribution in [-0.2, 0) is 19.4 Å². The Hall–Kier alpha value is -0.540. The maximum Gasteiger partial charge on any atom is 0.397 e. The van der Waals surface area contributed by atoms with E-state index in [1.54, 1.807) is 0 Å². The standard InChI is InChI=1S/C3H8N2O.CH4O4S/c1-3(6)2-5-4;1-5-6(2,3)4/h5H,2,4H2,1H3;1H3,(H,2,3,4). The van der Waals surface area contributed by atoms with Crippen molar-refractivity contribution in [1.82, 2.24) is 5.43 Å². The number of rotatable bonds is 3. The zero-order chi connectivity index (χ0) is 10.2. The summed E-state index contributed by atoms with van der Waals surface area (Å²) in [6.07, 6.45) is 0. The fourth-order valence-electron chi connectivity index (χ4n) is 0.144. The highest BCUT2D eigenvalue weighted by Gasteiger charge is 1.94. The molecule has 0 spiro atoms. The van der Waals surface area contributed by atoms with Crippen LogP contribution in [-0.4, -0.2) is 32.4 Å². The van der Waals surface area contributed by atoms with Crippen LogP contribution in [0.25, 0.3) is 0 Å². The summed E-state index contributed by atoms with van der Waals surface area (Å²) in [6.45, 7) is 1.74. The number of Topliss-reactive ketones (excluding diaryl/α,β-unsaturated/α-hetero) is 1. The lowest BCUT2D eigenvalue weighted by atomic mass is 10.5.